The van der Waals surface area contributed by atoms with E-state index >= 15 is 0 Å². The van der Waals surface area contributed by atoms with Crippen molar-refractivity contribution in [3.63, 3.8) is 0 Å². The number of sulfonamides is 1. The van der Waals surface area contributed by atoms with Gasteiger partial charge in [-0.1, -0.05) is 0 Å². The van der Waals surface area contributed by atoms with E-state index < -0.39 is 15.9 Å². The fraction of sp³-hybridized carbons (Fsp3) is 0.500. The van der Waals surface area contributed by atoms with Gasteiger partial charge >= 0.3 is 0 Å². The van der Waals surface area contributed by atoms with Crippen molar-refractivity contribution in [1.29, 1.82) is 0 Å². The first-order chi connectivity index (χ1) is 8.30. The fourth-order valence-electron chi connectivity index (χ4n) is 1.30. The first-order valence-electron chi connectivity index (χ1n) is 5.32. The van der Waals surface area contributed by atoms with Crippen molar-refractivity contribution >= 4 is 28.3 Å². The van der Waals surface area contributed by atoms with E-state index in [2.05, 4.69) is 5.32 Å². The van der Waals surface area contributed by atoms with Crippen molar-refractivity contribution in [2.75, 3.05) is 27.2 Å². The summed E-state index contributed by atoms with van der Waals surface area (Å²) in [6.45, 7) is 2.10. The Labute approximate surface area is 118 Å². The van der Waals surface area contributed by atoms with Crippen molar-refractivity contribution in [1.82, 2.24) is 9.62 Å². The molecule has 0 aliphatic heterocycles. The summed E-state index contributed by atoms with van der Waals surface area (Å²) in [6.07, 6.45) is 0. The topological polar surface area (TPSA) is 106 Å². The quantitative estimate of drug-likeness (QED) is 0.793. The van der Waals surface area contributed by atoms with Gasteiger partial charge in [-0.15, -0.1) is 12.4 Å². The molecule has 19 heavy (non-hydrogen) atoms. The van der Waals surface area contributed by atoms with Crippen LogP contribution in [0.4, 0.5) is 0 Å². The third-order valence-corrected chi connectivity index (χ3v) is 4.21. The summed E-state index contributed by atoms with van der Waals surface area (Å²) in [4.78, 5) is 11.6. The highest BCUT2D eigenvalue weighted by molar-refractivity contribution is 7.89. The van der Waals surface area contributed by atoms with Gasteiger partial charge < -0.3 is 15.5 Å². The van der Waals surface area contributed by atoms with E-state index in [0.717, 1.165) is 4.31 Å². The number of amides is 1. The fourth-order valence-corrected chi connectivity index (χ4v) is 2.36. The molecule has 0 atom stereocenters. The van der Waals surface area contributed by atoms with E-state index in [1.807, 2.05) is 0 Å². The molecule has 0 saturated carbocycles. The van der Waals surface area contributed by atoms with Crippen LogP contribution < -0.4 is 11.1 Å². The van der Waals surface area contributed by atoms with Gasteiger partial charge in [0.25, 0.3) is 5.91 Å². The molecule has 1 heterocycles. The zero-order chi connectivity index (χ0) is 13.9. The molecular weight excluding hydrogens is 294 g/mol. The van der Waals surface area contributed by atoms with Gasteiger partial charge in [0.1, 0.15) is 10.7 Å². The normalized spacial score (nSPS) is 11.2. The summed E-state index contributed by atoms with van der Waals surface area (Å²) in [6, 6.07) is 1.22. The van der Waals surface area contributed by atoms with Crippen LogP contribution in [0.25, 0.3) is 0 Å². The zero-order valence-electron chi connectivity index (χ0n) is 11.0. The number of hydrogen-bond acceptors (Lipinski definition) is 5. The summed E-state index contributed by atoms with van der Waals surface area (Å²) in [5.41, 5.74) is 5.25. The highest BCUT2D eigenvalue weighted by Gasteiger charge is 2.25. The van der Waals surface area contributed by atoms with E-state index in [1.54, 1.807) is 0 Å². The number of hydrogen-bond donors (Lipinski definition) is 2. The average molecular weight is 312 g/mol. The van der Waals surface area contributed by atoms with Gasteiger partial charge in [-0.3, -0.25) is 4.79 Å². The van der Waals surface area contributed by atoms with Crippen LogP contribution in [-0.2, 0) is 10.0 Å². The van der Waals surface area contributed by atoms with Gasteiger partial charge in [-0.05, 0) is 6.92 Å². The number of nitrogens with two attached hydrogens (primary N) is 1. The lowest BCUT2D eigenvalue weighted by atomic mass is 10.4. The predicted molar refractivity (Wildman–Crippen MR) is 73.0 cm³/mol. The highest BCUT2D eigenvalue weighted by Crippen LogP contribution is 2.22. The second-order valence-electron chi connectivity index (χ2n) is 3.86. The molecule has 1 aromatic rings. The Morgan fingerprint density at radius 1 is 1.47 bits per heavy atom. The molecule has 0 bridgehead atoms. The summed E-state index contributed by atoms with van der Waals surface area (Å²) in [5.74, 6) is -0.341. The lowest BCUT2D eigenvalue weighted by Gasteiger charge is -2.09. The summed E-state index contributed by atoms with van der Waals surface area (Å²) < 4.78 is 30.0. The Hall–Kier alpha value is -1.09. The number of nitrogens with one attached hydrogen (secondary N) is 1. The molecule has 7 nitrogen and oxygen atoms in total. The van der Waals surface area contributed by atoms with Gasteiger partial charge in [0, 0.05) is 33.3 Å². The summed E-state index contributed by atoms with van der Waals surface area (Å²) >= 11 is 0. The monoisotopic (exact) mass is 311 g/mol. The van der Waals surface area contributed by atoms with E-state index in [-0.39, 0.29) is 28.8 Å². The summed E-state index contributed by atoms with van der Waals surface area (Å²) in [7, 11) is -0.781. The minimum atomic E-state index is -3.61. The molecule has 0 aliphatic carbocycles. The largest absolute Gasteiger partial charge is 0.455 e. The molecule has 0 fully saturated rings. The Bertz CT molecular complexity index is 539. The van der Waals surface area contributed by atoms with Crippen molar-refractivity contribution in [3.05, 3.63) is 17.6 Å². The third-order valence-electron chi connectivity index (χ3n) is 2.28. The Morgan fingerprint density at radius 3 is 2.53 bits per heavy atom. The molecule has 0 saturated heterocycles. The molecule has 110 valence electrons. The molecule has 0 spiro atoms. The lowest BCUT2D eigenvalue weighted by molar-refractivity contribution is 0.0926. The van der Waals surface area contributed by atoms with Crippen LogP contribution in [0.5, 0.6) is 0 Å². The molecule has 0 aromatic carbocycles. The number of rotatable bonds is 5. The molecule has 0 aliphatic rings. The molecule has 1 aromatic heterocycles. The predicted octanol–water partition coefficient (Wildman–Crippen LogP) is -0.0514. The Balaban J connectivity index is 0.00000324. The molecule has 9 heteroatoms. The smallest absolute Gasteiger partial charge is 0.287 e. The van der Waals surface area contributed by atoms with Crippen molar-refractivity contribution in [2.24, 2.45) is 5.73 Å². The molecular formula is C10H18ClN3O4S. The van der Waals surface area contributed by atoms with Crippen LogP contribution in [0.2, 0.25) is 0 Å². The number of furan rings is 1. The van der Waals surface area contributed by atoms with Crippen LogP contribution in [0.15, 0.2) is 15.4 Å². The van der Waals surface area contributed by atoms with Gasteiger partial charge in [-0.2, -0.15) is 0 Å². The minimum Gasteiger partial charge on any atom is -0.455 e. The molecule has 1 amide bonds. The highest BCUT2D eigenvalue weighted by atomic mass is 35.5. The Morgan fingerprint density at radius 2 is 2.05 bits per heavy atom. The van der Waals surface area contributed by atoms with E-state index in [4.69, 9.17) is 10.2 Å². The molecule has 0 radical (unpaired) electrons. The van der Waals surface area contributed by atoms with E-state index in [0.29, 0.717) is 13.1 Å². The standard InChI is InChI=1S/C10H17N3O4S.ClH/c1-7-9(18(15,16)13(2)3)6-8(17-7)10(14)12-5-4-11;/h6H,4-5,11H2,1-3H3,(H,12,14);1H. The van der Waals surface area contributed by atoms with Crippen LogP contribution in [0.3, 0.4) is 0 Å². The average Bonchev–Trinajstić information content (AvgIpc) is 2.68. The van der Waals surface area contributed by atoms with Gasteiger partial charge in [-0.25, -0.2) is 12.7 Å². The van der Waals surface area contributed by atoms with Crippen LogP contribution in [-0.4, -0.2) is 45.8 Å². The van der Waals surface area contributed by atoms with Crippen molar-refractivity contribution in [3.8, 4) is 0 Å². The van der Waals surface area contributed by atoms with Crippen molar-refractivity contribution < 1.29 is 17.6 Å². The van der Waals surface area contributed by atoms with Crippen LogP contribution >= 0.6 is 12.4 Å². The first kappa shape index (κ1) is 17.9. The van der Waals surface area contributed by atoms with Gasteiger partial charge in [0.15, 0.2) is 5.76 Å². The Kier molecular flexibility index (Phi) is 6.50. The van der Waals surface area contributed by atoms with E-state index in [9.17, 15) is 13.2 Å². The third kappa shape index (κ3) is 3.93. The number of carbonyl (C=O) groups excluding carboxylic acids is 1. The molecule has 0 unspecified atom stereocenters. The van der Waals surface area contributed by atoms with Crippen LogP contribution in [0, 0.1) is 6.92 Å². The lowest BCUT2D eigenvalue weighted by Crippen LogP contribution is -2.28. The van der Waals surface area contributed by atoms with Crippen LogP contribution in [0.1, 0.15) is 16.3 Å². The number of nitrogens with zero attached hydrogens (tertiary/aromatic N) is 1. The maximum absolute atomic E-state index is 11.9. The second-order valence-corrected chi connectivity index (χ2v) is 5.98. The second kappa shape index (κ2) is 6.90. The molecule has 1 rings (SSSR count). The summed E-state index contributed by atoms with van der Waals surface area (Å²) in [5, 5.41) is 2.50. The van der Waals surface area contributed by atoms with E-state index in [1.165, 1.54) is 27.1 Å². The number of carbonyl (C=O) groups is 1. The molecule has 3 N–H and O–H groups in total. The maximum atomic E-state index is 11.9. The number of halogens is 1. The minimum absolute atomic E-state index is 0. The van der Waals surface area contributed by atoms with Gasteiger partial charge in [0.2, 0.25) is 10.0 Å². The number of aryl methyl sites for hydroxylation is 1. The van der Waals surface area contributed by atoms with Crippen molar-refractivity contribution in [2.45, 2.75) is 11.8 Å². The SMILES string of the molecule is Cc1oc(C(=O)NCCN)cc1S(=O)(=O)N(C)C.Cl. The van der Waals surface area contributed by atoms with Gasteiger partial charge in [0.05, 0.1) is 0 Å². The maximum Gasteiger partial charge on any atom is 0.287 e. The zero-order valence-corrected chi connectivity index (χ0v) is 12.6. The first-order valence-corrected chi connectivity index (χ1v) is 6.76.